The highest BCUT2D eigenvalue weighted by atomic mass is 16.5. The van der Waals surface area contributed by atoms with Gasteiger partial charge in [0.15, 0.2) is 5.78 Å². The van der Waals surface area contributed by atoms with Gasteiger partial charge in [-0.05, 0) is 19.4 Å². The number of aromatic nitrogens is 1. The highest BCUT2D eigenvalue weighted by Gasteiger charge is 2.23. The lowest BCUT2D eigenvalue weighted by Gasteiger charge is -2.09. The van der Waals surface area contributed by atoms with Crippen molar-refractivity contribution < 1.29 is 9.53 Å². The lowest BCUT2D eigenvalue weighted by molar-refractivity contribution is -0.123. The van der Waals surface area contributed by atoms with Gasteiger partial charge in [-0.1, -0.05) is 6.07 Å². The Morgan fingerprint density at radius 1 is 1.62 bits per heavy atom. The summed E-state index contributed by atoms with van der Waals surface area (Å²) in [5.74, 6) is 0.0533. The Kier molecular flexibility index (Phi) is 3.19. The van der Waals surface area contributed by atoms with E-state index < -0.39 is 0 Å². The van der Waals surface area contributed by atoms with Crippen LogP contribution in [0.3, 0.4) is 0 Å². The van der Waals surface area contributed by atoms with Crippen molar-refractivity contribution in [2.24, 2.45) is 5.92 Å². The van der Waals surface area contributed by atoms with E-state index in [2.05, 4.69) is 0 Å². The third-order valence-electron chi connectivity index (χ3n) is 2.92. The van der Waals surface area contributed by atoms with Gasteiger partial charge in [-0.2, -0.15) is 0 Å². The van der Waals surface area contributed by atoms with Crippen molar-refractivity contribution in [2.45, 2.75) is 19.9 Å². The number of hydrogen-bond donors (Lipinski definition) is 0. The Labute approximate surface area is 93.8 Å². The summed E-state index contributed by atoms with van der Waals surface area (Å²) in [5, 5.41) is 0. The van der Waals surface area contributed by atoms with E-state index >= 15 is 0 Å². The summed E-state index contributed by atoms with van der Waals surface area (Å²) in [4.78, 5) is 23.5. The fourth-order valence-corrected chi connectivity index (χ4v) is 1.87. The van der Waals surface area contributed by atoms with Crippen LogP contribution in [0.2, 0.25) is 0 Å². The van der Waals surface area contributed by atoms with Crippen LogP contribution in [-0.4, -0.2) is 23.6 Å². The predicted octanol–water partition coefficient (Wildman–Crippen LogP) is 0.762. The Balaban J connectivity index is 2.11. The van der Waals surface area contributed by atoms with Gasteiger partial charge in [-0.25, -0.2) is 0 Å². The largest absolute Gasteiger partial charge is 0.381 e. The predicted molar refractivity (Wildman–Crippen MR) is 59.4 cm³/mol. The second-order valence-corrected chi connectivity index (χ2v) is 4.15. The molecule has 1 unspecified atom stereocenters. The van der Waals surface area contributed by atoms with Crippen molar-refractivity contribution in [1.29, 1.82) is 0 Å². The van der Waals surface area contributed by atoms with E-state index in [9.17, 15) is 9.59 Å². The molecule has 0 bridgehead atoms. The first-order valence-electron chi connectivity index (χ1n) is 5.45. The van der Waals surface area contributed by atoms with Crippen molar-refractivity contribution in [2.75, 3.05) is 13.2 Å². The quantitative estimate of drug-likeness (QED) is 0.757. The zero-order valence-electron chi connectivity index (χ0n) is 9.31. The van der Waals surface area contributed by atoms with Gasteiger partial charge in [-0.3, -0.25) is 9.59 Å². The fraction of sp³-hybridized carbons (Fsp3) is 0.500. The highest BCUT2D eigenvalue weighted by molar-refractivity contribution is 5.81. The van der Waals surface area contributed by atoms with Gasteiger partial charge in [0.2, 0.25) is 0 Å². The number of carbonyl (C=O) groups excluding carboxylic acids is 1. The van der Waals surface area contributed by atoms with E-state index in [0.29, 0.717) is 18.8 Å². The normalized spacial score (nSPS) is 19.9. The van der Waals surface area contributed by atoms with Crippen molar-refractivity contribution in [3.63, 3.8) is 0 Å². The lowest BCUT2D eigenvalue weighted by Crippen LogP contribution is -2.28. The lowest BCUT2D eigenvalue weighted by atomic mass is 10.0. The van der Waals surface area contributed by atoms with Gasteiger partial charge >= 0.3 is 0 Å². The number of Topliss-reactive ketones (excluding diaryl/α,β-unsaturated/α-hetero) is 1. The van der Waals surface area contributed by atoms with Gasteiger partial charge in [0, 0.05) is 24.3 Å². The second kappa shape index (κ2) is 4.61. The first-order valence-corrected chi connectivity index (χ1v) is 5.45. The summed E-state index contributed by atoms with van der Waals surface area (Å²) < 4.78 is 6.63. The molecule has 1 aliphatic rings. The van der Waals surface area contributed by atoms with Crippen LogP contribution < -0.4 is 5.56 Å². The summed E-state index contributed by atoms with van der Waals surface area (Å²) in [6, 6.07) is 3.54. The summed E-state index contributed by atoms with van der Waals surface area (Å²) in [6.45, 7) is 3.06. The Morgan fingerprint density at radius 3 is 3.12 bits per heavy atom. The van der Waals surface area contributed by atoms with Gasteiger partial charge < -0.3 is 9.30 Å². The fourth-order valence-electron chi connectivity index (χ4n) is 1.87. The number of aryl methyl sites for hydroxylation is 1. The molecule has 1 aromatic rings. The first kappa shape index (κ1) is 11.1. The summed E-state index contributed by atoms with van der Waals surface area (Å²) in [7, 11) is 0. The Hall–Kier alpha value is -1.42. The van der Waals surface area contributed by atoms with Crippen LogP contribution in [0, 0.1) is 12.8 Å². The van der Waals surface area contributed by atoms with Gasteiger partial charge in [0.25, 0.3) is 5.56 Å². The maximum atomic E-state index is 11.8. The SMILES string of the molecule is Cc1cccn(CC(=O)C2CCOC2)c1=O. The van der Waals surface area contributed by atoms with Crippen LogP contribution in [0.1, 0.15) is 12.0 Å². The van der Waals surface area contributed by atoms with Crippen LogP contribution in [0.15, 0.2) is 23.1 Å². The molecule has 16 heavy (non-hydrogen) atoms. The van der Waals surface area contributed by atoms with Crippen LogP contribution >= 0.6 is 0 Å². The molecule has 0 radical (unpaired) electrons. The van der Waals surface area contributed by atoms with E-state index in [4.69, 9.17) is 4.74 Å². The molecule has 1 saturated heterocycles. The molecular weight excluding hydrogens is 206 g/mol. The molecule has 1 fully saturated rings. The molecule has 1 aliphatic heterocycles. The Bertz CT molecular complexity index is 444. The van der Waals surface area contributed by atoms with E-state index in [1.807, 2.05) is 0 Å². The highest BCUT2D eigenvalue weighted by Crippen LogP contribution is 2.13. The summed E-state index contributed by atoms with van der Waals surface area (Å²) in [6.07, 6.45) is 2.43. The molecule has 1 aromatic heterocycles. The third-order valence-corrected chi connectivity index (χ3v) is 2.92. The van der Waals surface area contributed by atoms with E-state index in [1.54, 1.807) is 25.3 Å². The molecule has 0 saturated carbocycles. The molecule has 4 nitrogen and oxygen atoms in total. The minimum absolute atomic E-state index is 0.0348. The number of hydrogen-bond acceptors (Lipinski definition) is 3. The van der Waals surface area contributed by atoms with E-state index in [-0.39, 0.29) is 23.8 Å². The van der Waals surface area contributed by atoms with E-state index in [0.717, 1.165) is 6.42 Å². The molecule has 0 amide bonds. The standard InChI is InChI=1S/C12H15NO3/c1-9-3-2-5-13(12(9)15)7-11(14)10-4-6-16-8-10/h2-3,5,10H,4,6-8H2,1H3. The monoisotopic (exact) mass is 221 g/mol. The zero-order chi connectivity index (χ0) is 11.5. The number of ether oxygens (including phenoxy) is 1. The molecule has 0 aromatic carbocycles. The molecule has 1 atom stereocenters. The number of pyridine rings is 1. The molecule has 2 heterocycles. The van der Waals surface area contributed by atoms with Crippen molar-refractivity contribution in [3.8, 4) is 0 Å². The number of rotatable bonds is 3. The average molecular weight is 221 g/mol. The van der Waals surface area contributed by atoms with Crippen molar-refractivity contribution >= 4 is 5.78 Å². The van der Waals surface area contributed by atoms with Gasteiger partial charge in [-0.15, -0.1) is 0 Å². The van der Waals surface area contributed by atoms with Crippen LogP contribution in [0.5, 0.6) is 0 Å². The maximum Gasteiger partial charge on any atom is 0.253 e. The molecular formula is C12H15NO3. The number of nitrogens with zero attached hydrogens (tertiary/aromatic N) is 1. The van der Waals surface area contributed by atoms with Gasteiger partial charge in [0.05, 0.1) is 13.2 Å². The van der Waals surface area contributed by atoms with E-state index in [1.165, 1.54) is 4.57 Å². The van der Waals surface area contributed by atoms with Crippen LogP contribution in [0.25, 0.3) is 0 Å². The number of ketones is 1. The first-order chi connectivity index (χ1) is 7.68. The molecule has 86 valence electrons. The Morgan fingerprint density at radius 2 is 2.44 bits per heavy atom. The van der Waals surface area contributed by atoms with Crippen LogP contribution in [0.4, 0.5) is 0 Å². The molecule has 4 heteroatoms. The molecule has 0 spiro atoms. The molecule has 0 N–H and O–H groups in total. The average Bonchev–Trinajstić information content (AvgIpc) is 2.78. The maximum absolute atomic E-state index is 11.8. The minimum Gasteiger partial charge on any atom is -0.381 e. The number of carbonyl (C=O) groups is 1. The molecule has 2 rings (SSSR count). The summed E-state index contributed by atoms with van der Waals surface area (Å²) in [5.41, 5.74) is 0.577. The van der Waals surface area contributed by atoms with Crippen molar-refractivity contribution in [3.05, 3.63) is 34.2 Å². The van der Waals surface area contributed by atoms with Crippen LogP contribution in [-0.2, 0) is 16.1 Å². The second-order valence-electron chi connectivity index (χ2n) is 4.15. The minimum atomic E-state index is -0.0882. The molecule has 0 aliphatic carbocycles. The zero-order valence-corrected chi connectivity index (χ0v) is 9.31. The summed E-state index contributed by atoms with van der Waals surface area (Å²) >= 11 is 0. The van der Waals surface area contributed by atoms with Crippen molar-refractivity contribution in [1.82, 2.24) is 4.57 Å². The smallest absolute Gasteiger partial charge is 0.253 e. The van der Waals surface area contributed by atoms with Gasteiger partial charge in [0.1, 0.15) is 0 Å². The third kappa shape index (κ3) is 2.22. The topological polar surface area (TPSA) is 48.3 Å².